The van der Waals surface area contributed by atoms with Gasteiger partial charge in [-0.3, -0.25) is 4.98 Å². The lowest BCUT2D eigenvalue weighted by molar-refractivity contribution is 0.585. The van der Waals surface area contributed by atoms with E-state index in [4.69, 9.17) is 4.98 Å². The molecule has 0 spiro atoms. The van der Waals surface area contributed by atoms with Crippen molar-refractivity contribution in [3.8, 4) is 0 Å². The van der Waals surface area contributed by atoms with Crippen LogP contribution < -0.4 is 5.30 Å². The molecule has 0 atom stereocenters. The van der Waals surface area contributed by atoms with E-state index in [0.717, 1.165) is 28.3 Å². The monoisotopic (exact) mass is 299 g/mol. The molecule has 0 radical (unpaired) electrons. The first-order chi connectivity index (χ1) is 10.0. The van der Waals surface area contributed by atoms with Crippen LogP contribution in [0.1, 0.15) is 37.9 Å². The van der Waals surface area contributed by atoms with Crippen molar-refractivity contribution in [1.29, 1.82) is 0 Å². The molecule has 0 fully saturated rings. The first-order valence-electron chi connectivity index (χ1n) is 7.71. The molecule has 0 aliphatic carbocycles. The number of hydrogen-bond donors (Lipinski definition) is 0. The topological polar surface area (TPSA) is 30.0 Å². The van der Waals surface area contributed by atoms with Gasteiger partial charge in [0.2, 0.25) is 0 Å². The fraction of sp³-hybridized carbons (Fsp3) is 0.389. The minimum Gasteiger partial charge on any atom is -0.318 e. The van der Waals surface area contributed by atoms with Gasteiger partial charge in [-0.05, 0) is 30.0 Å². The van der Waals surface area contributed by atoms with Crippen LogP contribution in [0.5, 0.6) is 0 Å². The highest BCUT2D eigenvalue weighted by atomic mass is 31.2. The standard InChI is InChI=1S/C18H22NOP/c1-4-14-7-8-16-17(19-14)10-9-15(13(2)3)18(16)21(20)11-5-6-12-21/h5-10,13H,4,11-12H2,1-3H3. The van der Waals surface area contributed by atoms with Gasteiger partial charge in [0.25, 0.3) is 0 Å². The Kier molecular flexibility index (Phi) is 3.75. The largest absolute Gasteiger partial charge is 0.318 e. The molecule has 0 N–H and O–H groups in total. The Hall–Kier alpha value is -1.40. The summed E-state index contributed by atoms with van der Waals surface area (Å²) in [6.45, 7) is 6.46. The van der Waals surface area contributed by atoms with Crippen LogP contribution in [-0.2, 0) is 11.0 Å². The molecular weight excluding hydrogens is 277 g/mol. The predicted octanol–water partition coefficient (Wildman–Crippen LogP) is 4.48. The average molecular weight is 299 g/mol. The van der Waals surface area contributed by atoms with Crippen LogP contribution >= 0.6 is 7.14 Å². The highest BCUT2D eigenvalue weighted by Crippen LogP contribution is 2.51. The molecule has 3 heteroatoms. The molecule has 0 amide bonds. The average Bonchev–Trinajstić information content (AvgIpc) is 2.92. The zero-order valence-corrected chi connectivity index (χ0v) is 13.9. The minimum absolute atomic E-state index is 0.377. The summed E-state index contributed by atoms with van der Waals surface area (Å²) in [6, 6.07) is 8.42. The van der Waals surface area contributed by atoms with E-state index in [9.17, 15) is 4.57 Å². The van der Waals surface area contributed by atoms with E-state index in [1.54, 1.807) is 0 Å². The lowest BCUT2D eigenvalue weighted by atomic mass is 10.0. The molecule has 0 unspecified atom stereocenters. The first kappa shape index (κ1) is 14.5. The quantitative estimate of drug-likeness (QED) is 0.618. The van der Waals surface area contributed by atoms with Crippen LogP contribution in [0, 0.1) is 0 Å². The molecule has 1 aliphatic rings. The number of fused-ring (bicyclic) bond motifs is 1. The van der Waals surface area contributed by atoms with Crippen molar-refractivity contribution < 1.29 is 4.57 Å². The third-order valence-electron chi connectivity index (χ3n) is 4.29. The van der Waals surface area contributed by atoms with Crippen LogP contribution in [0.4, 0.5) is 0 Å². The molecule has 0 saturated carbocycles. The van der Waals surface area contributed by atoms with Gasteiger partial charge in [-0.2, -0.15) is 0 Å². The second kappa shape index (κ2) is 5.42. The summed E-state index contributed by atoms with van der Waals surface area (Å²) in [5, 5.41) is 2.17. The molecule has 0 saturated heterocycles. The molecule has 2 heterocycles. The number of hydrogen-bond acceptors (Lipinski definition) is 2. The Morgan fingerprint density at radius 2 is 1.86 bits per heavy atom. The van der Waals surface area contributed by atoms with E-state index in [-0.39, 0.29) is 0 Å². The van der Waals surface area contributed by atoms with E-state index in [1.165, 1.54) is 5.56 Å². The smallest absolute Gasteiger partial charge is 0.123 e. The first-order valence-corrected chi connectivity index (χ1v) is 9.79. The van der Waals surface area contributed by atoms with E-state index in [2.05, 4.69) is 57.2 Å². The zero-order chi connectivity index (χ0) is 15.0. The third kappa shape index (κ3) is 2.46. The Labute approximate surface area is 126 Å². The highest BCUT2D eigenvalue weighted by Gasteiger charge is 2.30. The van der Waals surface area contributed by atoms with E-state index in [1.807, 2.05) is 0 Å². The fourth-order valence-electron chi connectivity index (χ4n) is 3.11. The molecule has 1 aliphatic heterocycles. The van der Waals surface area contributed by atoms with Crippen molar-refractivity contribution in [2.75, 3.05) is 12.3 Å². The lowest BCUT2D eigenvalue weighted by Crippen LogP contribution is -2.16. The number of pyridine rings is 1. The van der Waals surface area contributed by atoms with E-state index < -0.39 is 7.14 Å². The second-order valence-corrected chi connectivity index (χ2v) is 9.06. The number of benzene rings is 1. The maximum Gasteiger partial charge on any atom is 0.123 e. The molecule has 2 nitrogen and oxygen atoms in total. The maximum atomic E-state index is 13.4. The molecule has 21 heavy (non-hydrogen) atoms. The minimum atomic E-state index is -2.33. The Morgan fingerprint density at radius 1 is 1.14 bits per heavy atom. The van der Waals surface area contributed by atoms with E-state index in [0.29, 0.717) is 18.2 Å². The number of nitrogens with zero attached hydrogens (tertiary/aromatic N) is 1. The molecule has 110 valence electrons. The highest BCUT2D eigenvalue weighted by molar-refractivity contribution is 7.72. The maximum absolute atomic E-state index is 13.4. The number of aromatic nitrogens is 1. The Morgan fingerprint density at radius 3 is 2.48 bits per heavy atom. The van der Waals surface area contributed by atoms with Crippen LogP contribution in [0.2, 0.25) is 0 Å². The molecule has 3 rings (SSSR count). The van der Waals surface area contributed by atoms with Crippen LogP contribution in [-0.4, -0.2) is 17.3 Å². The number of allylic oxidation sites excluding steroid dienone is 2. The van der Waals surface area contributed by atoms with Gasteiger partial charge >= 0.3 is 0 Å². The summed E-state index contributed by atoms with van der Waals surface area (Å²) in [6.07, 6.45) is 6.45. The van der Waals surface area contributed by atoms with E-state index >= 15 is 0 Å². The molecule has 0 bridgehead atoms. The molecule has 2 aromatic rings. The van der Waals surface area contributed by atoms with Gasteiger partial charge in [0.15, 0.2) is 0 Å². The van der Waals surface area contributed by atoms with Crippen LogP contribution in [0.3, 0.4) is 0 Å². The summed E-state index contributed by atoms with van der Waals surface area (Å²) in [5.74, 6) is 0.377. The van der Waals surface area contributed by atoms with Gasteiger partial charge in [-0.15, -0.1) is 0 Å². The van der Waals surface area contributed by atoms with Crippen LogP contribution in [0.25, 0.3) is 10.9 Å². The summed E-state index contributed by atoms with van der Waals surface area (Å²) in [7, 11) is -2.33. The van der Waals surface area contributed by atoms with Crippen molar-refractivity contribution in [2.45, 2.75) is 33.1 Å². The molecule has 1 aromatic carbocycles. The van der Waals surface area contributed by atoms with Gasteiger partial charge in [0.05, 0.1) is 5.52 Å². The third-order valence-corrected chi connectivity index (χ3v) is 7.21. The van der Waals surface area contributed by atoms with Crippen molar-refractivity contribution in [3.05, 3.63) is 47.7 Å². The van der Waals surface area contributed by atoms with Gasteiger partial charge in [0, 0.05) is 28.7 Å². The Bertz CT molecular complexity index is 749. The van der Waals surface area contributed by atoms with Gasteiger partial charge < -0.3 is 4.57 Å². The summed E-state index contributed by atoms with van der Waals surface area (Å²) >= 11 is 0. The zero-order valence-electron chi connectivity index (χ0n) is 13.0. The van der Waals surface area contributed by atoms with Gasteiger partial charge in [0.1, 0.15) is 7.14 Å². The van der Waals surface area contributed by atoms with Crippen molar-refractivity contribution in [2.24, 2.45) is 0 Å². The lowest BCUT2D eigenvalue weighted by Gasteiger charge is -2.21. The summed E-state index contributed by atoms with van der Waals surface area (Å²) < 4.78 is 13.4. The van der Waals surface area contributed by atoms with Crippen molar-refractivity contribution in [3.63, 3.8) is 0 Å². The summed E-state index contributed by atoms with van der Waals surface area (Å²) in [5.41, 5.74) is 3.30. The van der Waals surface area contributed by atoms with Crippen molar-refractivity contribution >= 4 is 23.3 Å². The molecule has 1 aromatic heterocycles. The van der Waals surface area contributed by atoms with Crippen LogP contribution in [0.15, 0.2) is 36.4 Å². The van der Waals surface area contributed by atoms with Gasteiger partial charge in [-0.25, -0.2) is 0 Å². The fourth-order valence-corrected chi connectivity index (χ4v) is 6.04. The second-order valence-electron chi connectivity index (χ2n) is 6.11. The number of aryl methyl sites for hydroxylation is 1. The normalized spacial score (nSPS) is 17.0. The SMILES string of the molecule is CCc1ccc2c(P3(=O)CC=CC3)c(C(C)C)ccc2n1. The number of rotatable bonds is 3. The Balaban J connectivity index is 2.31. The molecular formula is C18H22NOP. The summed E-state index contributed by atoms with van der Waals surface area (Å²) in [4.78, 5) is 4.72. The predicted molar refractivity (Wildman–Crippen MR) is 91.3 cm³/mol. The van der Waals surface area contributed by atoms with Gasteiger partial charge in [-0.1, -0.05) is 45.1 Å². The van der Waals surface area contributed by atoms with Crippen molar-refractivity contribution in [1.82, 2.24) is 4.98 Å².